The van der Waals surface area contributed by atoms with Gasteiger partial charge >= 0.3 is 0 Å². The van der Waals surface area contributed by atoms with Gasteiger partial charge in [-0.2, -0.15) is 4.98 Å². The molecule has 0 radical (unpaired) electrons. The first-order chi connectivity index (χ1) is 12.0. The second kappa shape index (κ2) is 7.89. The van der Waals surface area contributed by atoms with E-state index in [2.05, 4.69) is 48.6 Å². The van der Waals surface area contributed by atoms with Gasteiger partial charge in [-0.05, 0) is 54.2 Å². The Morgan fingerprint density at radius 3 is 2.88 bits per heavy atom. The summed E-state index contributed by atoms with van der Waals surface area (Å²) in [4.78, 5) is 14.2. The van der Waals surface area contributed by atoms with Crippen molar-refractivity contribution in [1.29, 1.82) is 0 Å². The normalized spacial score (nSPS) is 18.1. The summed E-state index contributed by atoms with van der Waals surface area (Å²) >= 11 is 3.02. The molecule has 0 unspecified atom stereocenters. The number of aromatic nitrogens is 2. The van der Waals surface area contributed by atoms with Crippen molar-refractivity contribution in [3.63, 3.8) is 0 Å². The Bertz CT molecular complexity index is 875. The number of aryl methyl sites for hydroxylation is 2. The van der Waals surface area contributed by atoms with E-state index in [1.165, 1.54) is 23.4 Å². The molecule has 2 aromatic rings. The predicted octanol–water partition coefficient (Wildman–Crippen LogP) is 5.55. The average Bonchev–Trinajstić information content (AvgIpc) is 2.57. The Kier molecular flexibility index (Phi) is 5.60. The summed E-state index contributed by atoms with van der Waals surface area (Å²) in [5.41, 5.74) is 4.52. The Morgan fingerprint density at radius 2 is 2.12 bits per heavy atom. The minimum Gasteiger partial charge on any atom is -0.493 e. The standard InChI is InChI=1S/C19H19N3OS2/c1-12-4-7-16(13(2)10-12)21-18-15(6-5-14(3)25-18)11-24-19-20-9-8-17(23)22-19/h4,7-11H,3,5-6H2,1-2H3,(H,20,22,23)/b15-11+,21-18-. The lowest BCUT2D eigenvalue weighted by Gasteiger charge is -2.18. The van der Waals surface area contributed by atoms with E-state index in [9.17, 15) is 5.11 Å². The SMILES string of the molecule is C=C1CCC(=C\Sc2nccc(O)n2)/C(=N/c2ccc(C)cc2C)S1. The van der Waals surface area contributed by atoms with E-state index in [0.29, 0.717) is 5.16 Å². The molecule has 1 aromatic carbocycles. The van der Waals surface area contributed by atoms with Gasteiger partial charge in [0.2, 0.25) is 5.88 Å². The third kappa shape index (κ3) is 4.74. The number of benzene rings is 1. The van der Waals surface area contributed by atoms with Crippen LogP contribution in [0.1, 0.15) is 24.0 Å². The molecule has 0 amide bonds. The highest BCUT2D eigenvalue weighted by molar-refractivity contribution is 8.17. The molecule has 2 heterocycles. The molecule has 128 valence electrons. The van der Waals surface area contributed by atoms with E-state index >= 15 is 0 Å². The maximum absolute atomic E-state index is 9.46. The summed E-state index contributed by atoms with van der Waals surface area (Å²) in [6, 6.07) is 7.73. The van der Waals surface area contributed by atoms with Crippen LogP contribution >= 0.6 is 23.5 Å². The highest BCUT2D eigenvalue weighted by atomic mass is 32.2. The van der Waals surface area contributed by atoms with Gasteiger partial charge in [0.15, 0.2) is 5.16 Å². The number of hydrogen-bond acceptors (Lipinski definition) is 6. The van der Waals surface area contributed by atoms with Gasteiger partial charge in [-0.25, -0.2) is 9.98 Å². The fourth-order valence-electron chi connectivity index (χ4n) is 2.39. The molecule has 0 spiro atoms. The molecule has 1 saturated heterocycles. The van der Waals surface area contributed by atoms with E-state index in [1.807, 2.05) is 5.41 Å². The van der Waals surface area contributed by atoms with Crippen molar-refractivity contribution in [3.05, 3.63) is 64.1 Å². The monoisotopic (exact) mass is 369 g/mol. The summed E-state index contributed by atoms with van der Waals surface area (Å²) in [5.74, 6) is -0.0218. The number of nitrogens with zero attached hydrogens (tertiary/aromatic N) is 3. The summed E-state index contributed by atoms with van der Waals surface area (Å²) in [6.45, 7) is 8.26. The van der Waals surface area contributed by atoms with Crippen LogP contribution in [0.4, 0.5) is 5.69 Å². The lowest BCUT2D eigenvalue weighted by atomic mass is 10.1. The van der Waals surface area contributed by atoms with Crippen molar-refractivity contribution in [1.82, 2.24) is 9.97 Å². The Hall–Kier alpha value is -2.05. The second-order valence-electron chi connectivity index (χ2n) is 5.81. The van der Waals surface area contributed by atoms with Crippen LogP contribution in [-0.2, 0) is 0 Å². The number of hydrogen-bond donors (Lipinski definition) is 1. The number of thioether (sulfide) groups is 2. The molecular weight excluding hydrogens is 350 g/mol. The van der Waals surface area contributed by atoms with Crippen LogP contribution in [0, 0.1) is 13.8 Å². The largest absolute Gasteiger partial charge is 0.493 e. The molecule has 0 saturated carbocycles. The van der Waals surface area contributed by atoms with Crippen LogP contribution in [0.5, 0.6) is 5.88 Å². The molecule has 1 aliphatic heterocycles. The lowest BCUT2D eigenvalue weighted by molar-refractivity contribution is 0.445. The van der Waals surface area contributed by atoms with Crippen LogP contribution in [0.15, 0.2) is 63.1 Å². The highest BCUT2D eigenvalue weighted by Crippen LogP contribution is 2.37. The number of aliphatic imine (C=N–C) groups is 1. The molecule has 1 N–H and O–H groups in total. The molecule has 1 aliphatic rings. The summed E-state index contributed by atoms with van der Waals surface area (Å²) in [6.07, 6.45) is 3.37. The molecule has 1 fully saturated rings. The smallest absolute Gasteiger partial charge is 0.214 e. The number of rotatable bonds is 3. The minimum absolute atomic E-state index is 0.0218. The molecule has 0 atom stereocenters. The third-order valence-electron chi connectivity index (χ3n) is 3.69. The minimum atomic E-state index is -0.0218. The van der Waals surface area contributed by atoms with Gasteiger partial charge in [0, 0.05) is 12.3 Å². The van der Waals surface area contributed by atoms with E-state index in [1.54, 1.807) is 18.0 Å². The maximum Gasteiger partial charge on any atom is 0.214 e. The van der Waals surface area contributed by atoms with Crippen LogP contribution in [-0.4, -0.2) is 20.1 Å². The van der Waals surface area contributed by atoms with Crippen LogP contribution in [0.25, 0.3) is 0 Å². The van der Waals surface area contributed by atoms with Gasteiger partial charge in [-0.15, -0.1) is 0 Å². The second-order valence-corrected chi connectivity index (χ2v) is 7.81. The Labute approximate surface area is 156 Å². The van der Waals surface area contributed by atoms with Gasteiger partial charge in [-0.1, -0.05) is 47.8 Å². The van der Waals surface area contributed by atoms with E-state index in [4.69, 9.17) is 4.99 Å². The molecule has 0 aliphatic carbocycles. The average molecular weight is 370 g/mol. The quantitative estimate of drug-likeness (QED) is 0.568. The molecule has 25 heavy (non-hydrogen) atoms. The van der Waals surface area contributed by atoms with Gasteiger partial charge in [0.1, 0.15) is 5.04 Å². The first-order valence-corrected chi connectivity index (χ1v) is 9.60. The van der Waals surface area contributed by atoms with Crippen LogP contribution < -0.4 is 0 Å². The van der Waals surface area contributed by atoms with E-state index in [-0.39, 0.29) is 5.88 Å². The molecule has 3 rings (SSSR count). The predicted molar refractivity (Wildman–Crippen MR) is 107 cm³/mol. The summed E-state index contributed by atoms with van der Waals surface area (Å²) in [5, 5.41) is 13.0. The van der Waals surface area contributed by atoms with Crippen molar-refractivity contribution >= 4 is 34.3 Å². The molecule has 6 heteroatoms. The Morgan fingerprint density at radius 1 is 1.28 bits per heavy atom. The first-order valence-electron chi connectivity index (χ1n) is 7.91. The Balaban J connectivity index is 1.89. The van der Waals surface area contributed by atoms with Crippen molar-refractivity contribution in [2.45, 2.75) is 31.8 Å². The van der Waals surface area contributed by atoms with Gasteiger partial charge in [0.25, 0.3) is 0 Å². The van der Waals surface area contributed by atoms with Crippen molar-refractivity contribution in [2.24, 2.45) is 4.99 Å². The maximum atomic E-state index is 9.46. The van der Waals surface area contributed by atoms with Crippen LogP contribution in [0.3, 0.4) is 0 Å². The molecule has 1 aromatic heterocycles. The number of aromatic hydroxyl groups is 1. The zero-order valence-corrected chi connectivity index (χ0v) is 15.8. The number of allylic oxidation sites excluding steroid dienone is 1. The third-order valence-corrected chi connectivity index (χ3v) is 5.54. The van der Waals surface area contributed by atoms with Crippen molar-refractivity contribution < 1.29 is 5.11 Å². The van der Waals surface area contributed by atoms with E-state index in [0.717, 1.165) is 39.6 Å². The fraction of sp³-hybridized carbons (Fsp3) is 0.211. The van der Waals surface area contributed by atoms with E-state index < -0.39 is 0 Å². The lowest BCUT2D eigenvalue weighted by Crippen LogP contribution is -2.05. The fourth-order valence-corrected chi connectivity index (χ4v) is 4.12. The molecule has 4 nitrogen and oxygen atoms in total. The van der Waals surface area contributed by atoms with Crippen LogP contribution in [0.2, 0.25) is 0 Å². The summed E-state index contributed by atoms with van der Waals surface area (Å²) < 4.78 is 0. The zero-order chi connectivity index (χ0) is 17.8. The topological polar surface area (TPSA) is 58.4 Å². The highest BCUT2D eigenvalue weighted by Gasteiger charge is 2.18. The first kappa shape index (κ1) is 17.8. The molecule has 0 bridgehead atoms. The molecular formula is C19H19N3OS2. The van der Waals surface area contributed by atoms with Gasteiger partial charge in [0.05, 0.1) is 5.69 Å². The van der Waals surface area contributed by atoms with Gasteiger partial charge in [-0.3, -0.25) is 0 Å². The van der Waals surface area contributed by atoms with Gasteiger partial charge < -0.3 is 5.11 Å². The van der Waals surface area contributed by atoms with Crippen molar-refractivity contribution in [2.75, 3.05) is 0 Å². The zero-order valence-electron chi connectivity index (χ0n) is 14.2. The summed E-state index contributed by atoms with van der Waals surface area (Å²) in [7, 11) is 0. The van der Waals surface area contributed by atoms with Crippen molar-refractivity contribution in [3.8, 4) is 5.88 Å².